The van der Waals surface area contributed by atoms with Gasteiger partial charge in [-0.05, 0) is 37.6 Å². The van der Waals surface area contributed by atoms with Crippen LogP contribution in [0.2, 0.25) is 0 Å². The van der Waals surface area contributed by atoms with Gasteiger partial charge in [0, 0.05) is 10.5 Å². The van der Waals surface area contributed by atoms with Gasteiger partial charge in [0.15, 0.2) is 5.78 Å². The fourth-order valence-electron chi connectivity index (χ4n) is 1.13. The number of aryl methyl sites for hydroxylation is 1. The molecule has 0 amide bonds. The second-order valence-electron chi connectivity index (χ2n) is 3.04. The molecule has 1 unspecified atom stereocenters. The predicted octanol–water partition coefficient (Wildman–Crippen LogP) is 3.25. The van der Waals surface area contributed by atoms with E-state index < -0.39 is 0 Å². The summed E-state index contributed by atoms with van der Waals surface area (Å²) in [5.74, 6) is 0.0963. The first-order valence-electron chi connectivity index (χ1n) is 3.99. The molecule has 0 heterocycles. The van der Waals surface area contributed by atoms with Crippen LogP contribution in [0.4, 0.5) is 0 Å². The average Bonchev–Trinajstić information content (AvgIpc) is 2.01. The highest BCUT2D eigenvalue weighted by molar-refractivity contribution is 9.10. The molecule has 0 fully saturated rings. The largest absolute Gasteiger partial charge is 0.293 e. The van der Waals surface area contributed by atoms with Gasteiger partial charge < -0.3 is 0 Å². The van der Waals surface area contributed by atoms with Crippen molar-refractivity contribution in [2.75, 3.05) is 0 Å². The number of carbonyl (C=O) groups excluding carboxylic acids is 1. The van der Waals surface area contributed by atoms with Gasteiger partial charge in [0.2, 0.25) is 0 Å². The molecule has 0 aliphatic carbocycles. The first-order chi connectivity index (χ1) is 6.00. The molecule has 0 bridgehead atoms. The minimum Gasteiger partial charge on any atom is -0.293 e. The summed E-state index contributed by atoms with van der Waals surface area (Å²) in [6.45, 7) is 3.78. The zero-order valence-electron chi connectivity index (χ0n) is 7.54. The number of alkyl halides is 1. The van der Waals surface area contributed by atoms with E-state index in [1.165, 1.54) is 0 Å². The number of hydrogen-bond acceptors (Lipinski definition) is 2. The standard InChI is InChI=1S/C10H11BrOS/c1-6-3-8(5-9(13)4-6)10(12)7(2)11/h3-5,7,13H,1-2H3. The van der Waals surface area contributed by atoms with Crippen molar-refractivity contribution < 1.29 is 4.79 Å². The lowest BCUT2D eigenvalue weighted by Crippen LogP contribution is -2.09. The van der Waals surface area contributed by atoms with E-state index in [0.29, 0.717) is 0 Å². The minimum atomic E-state index is -0.137. The molecule has 70 valence electrons. The van der Waals surface area contributed by atoms with E-state index in [0.717, 1.165) is 16.0 Å². The smallest absolute Gasteiger partial charge is 0.176 e. The number of carbonyl (C=O) groups is 1. The van der Waals surface area contributed by atoms with Gasteiger partial charge in [0.1, 0.15) is 0 Å². The summed E-state index contributed by atoms with van der Waals surface area (Å²) in [5.41, 5.74) is 1.78. The van der Waals surface area contributed by atoms with Crippen molar-refractivity contribution in [3.63, 3.8) is 0 Å². The number of thiol groups is 1. The molecule has 0 aliphatic rings. The highest BCUT2D eigenvalue weighted by Crippen LogP contribution is 2.16. The SMILES string of the molecule is Cc1cc(S)cc(C(=O)C(C)Br)c1. The third-order valence-corrected chi connectivity index (χ3v) is 2.38. The number of benzene rings is 1. The van der Waals surface area contributed by atoms with E-state index in [9.17, 15) is 4.79 Å². The molecule has 0 N–H and O–H groups in total. The van der Waals surface area contributed by atoms with Crippen LogP contribution in [0.15, 0.2) is 23.1 Å². The van der Waals surface area contributed by atoms with Crippen LogP contribution in [0.1, 0.15) is 22.8 Å². The maximum atomic E-state index is 11.6. The maximum Gasteiger partial charge on any atom is 0.176 e. The van der Waals surface area contributed by atoms with Gasteiger partial charge >= 0.3 is 0 Å². The number of halogens is 1. The van der Waals surface area contributed by atoms with E-state index in [-0.39, 0.29) is 10.6 Å². The van der Waals surface area contributed by atoms with Gasteiger partial charge in [-0.3, -0.25) is 4.79 Å². The van der Waals surface area contributed by atoms with E-state index in [4.69, 9.17) is 0 Å². The molecule has 0 saturated carbocycles. The molecule has 1 aromatic rings. The van der Waals surface area contributed by atoms with Crippen LogP contribution in [0.5, 0.6) is 0 Å². The summed E-state index contributed by atoms with van der Waals surface area (Å²) in [5, 5.41) is 0. The minimum absolute atomic E-state index is 0.0963. The summed E-state index contributed by atoms with van der Waals surface area (Å²) >= 11 is 7.47. The zero-order chi connectivity index (χ0) is 10.0. The number of rotatable bonds is 2. The van der Waals surface area contributed by atoms with Crippen LogP contribution < -0.4 is 0 Å². The molecular formula is C10H11BrOS. The monoisotopic (exact) mass is 258 g/mol. The van der Waals surface area contributed by atoms with E-state index in [1.54, 1.807) is 6.07 Å². The molecule has 1 rings (SSSR count). The molecular weight excluding hydrogens is 248 g/mol. The second-order valence-corrected chi connectivity index (χ2v) is 4.93. The van der Waals surface area contributed by atoms with Gasteiger partial charge in [-0.15, -0.1) is 12.6 Å². The summed E-state index contributed by atoms with van der Waals surface area (Å²) < 4.78 is 0. The van der Waals surface area contributed by atoms with Crippen molar-refractivity contribution in [2.45, 2.75) is 23.6 Å². The Bertz CT molecular complexity index is 313. The molecule has 0 saturated heterocycles. The Balaban J connectivity index is 3.08. The van der Waals surface area contributed by atoms with Crippen molar-refractivity contribution in [3.8, 4) is 0 Å². The van der Waals surface area contributed by atoms with Crippen LogP contribution in [0.25, 0.3) is 0 Å². The zero-order valence-corrected chi connectivity index (χ0v) is 10.0. The first-order valence-corrected chi connectivity index (χ1v) is 5.36. The molecule has 1 atom stereocenters. The van der Waals surface area contributed by atoms with Crippen molar-refractivity contribution in [1.82, 2.24) is 0 Å². The molecule has 0 aliphatic heterocycles. The maximum absolute atomic E-state index is 11.6. The number of hydrogen-bond donors (Lipinski definition) is 1. The second kappa shape index (κ2) is 4.29. The van der Waals surface area contributed by atoms with Crippen LogP contribution in [0, 0.1) is 6.92 Å². The van der Waals surface area contributed by atoms with Gasteiger partial charge in [-0.25, -0.2) is 0 Å². The fraction of sp³-hybridized carbons (Fsp3) is 0.300. The molecule has 1 nitrogen and oxygen atoms in total. The molecule has 13 heavy (non-hydrogen) atoms. The average molecular weight is 259 g/mol. The summed E-state index contributed by atoms with van der Waals surface area (Å²) in [7, 11) is 0. The fourth-order valence-corrected chi connectivity index (χ4v) is 1.74. The third-order valence-electron chi connectivity index (χ3n) is 1.71. The van der Waals surface area contributed by atoms with Crippen molar-refractivity contribution in [3.05, 3.63) is 29.3 Å². The summed E-state index contributed by atoms with van der Waals surface area (Å²) in [6.07, 6.45) is 0. The number of ketones is 1. The Hall–Kier alpha value is -0.280. The van der Waals surface area contributed by atoms with Crippen LogP contribution in [-0.2, 0) is 0 Å². The van der Waals surface area contributed by atoms with Gasteiger partial charge in [-0.1, -0.05) is 15.9 Å². The molecule has 3 heteroatoms. The van der Waals surface area contributed by atoms with E-state index in [2.05, 4.69) is 28.6 Å². The molecule has 0 aromatic heterocycles. The topological polar surface area (TPSA) is 17.1 Å². The molecule has 0 radical (unpaired) electrons. The van der Waals surface area contributed by atoms with Gasteiger partial charge in [0.25, 0.3) is 0 Å². The van der Waals surface area contributed by atoms with Gasteiger partial charge in [-0.2, -0.15) is 0 Å². The summed E-state index contributed by atoms with van der Waals surface area (Å²) in [6, 6.07) is 5.59. The highest BCUT2D eigenvalue weighted by Gasteiger charge is 2.12. The Kier molecular flexibility index (Phi) is 3.56. The van der Waals surface area contributed by atoms with Crippen LogP contribution in [-0.4, -0.2) is 10.6 Å². The lowest BCUT2D eigenvalue weighted by molar-refractivity contribution is 0.0995. The number of Topliss-reactive ketones (excluding diaryl/α,β-unsaturated/α-hetero) is 1. The summed E-state index contributed by atoms with van der Waals surface area (Å²) in [4.78, 5) is 12.3. The Morgan fingerprint density at radius 2 is 2.08 bits per heavy atom. The van der Waals surface area contributed by atoms with E-state index >= 15 is 0 Å². The van der Waals surface area contributed by atoms with Crippen LogP contribution >= 0.6 is 28.6 Å². The van der Waals surface area contributed by atoms with Crippen molar-refractivity contribution in [1.29, 1.82) is 0 Å². The quantitative estimate of drug-likeness (QED) is 0.490. The Morgan fingerprint density at radius 1 is 1.46 bits per heavy atom. The van der Waals surface area contributed by atoms with Gasteiger partial charge in [0.05, 0.1) is 4.83 Å². The Morgan fingerprint density at radius 3 is 2.54 bits per heavy atom. The lowest BCUT2D eigenvalue weighted by Gasteiger charge is -2.04. The normalized spacial score (nSPS) is 12.6. The molecule has 1 aromatic carbocycles. The third kappa shape index (κ3) is 2.85. The van der Waals surface area contributed by atoms with Crippen molar-refractivity contribution in [2.24, 2.45) is 0 Å². The highest BCUT2D eigenvalue weighted by atomic mass is 79.9. The first kappa shape index (κ1) is 10.8. The van der Waals surface area contributed by atoms with Crippen molar-refractivity contribution >= 4 is 34.3 Å². The van der Waals surface area contributed by atoms with E-state index in [1.807, 2.05) is 26.0 Å². The Labute approximate surface area is 92.1 Å². The van der Waals surface area contributed by atoms with Crippen LogP contribution in [0.3, 0.4) is 0 Å². The molecule has 0 spiro atoms. The lowest BCUT2D eigenvalue weighted by atomic mass is 10.1. The predicted molar refractivity (Wildman–Crippen MR) is 61.2 cm³/mol.